The summed E-state index contributed by atoms with van der Waals surface area (Å²) < 4.78 is 12.6. The molecule has 14 atom stereocenters. The van der Waals surface area contributed by atoms with Crippen molar-refractivity contribution in [3.8, 4) is 0 Å². The summed E-state index contributed by atoms with van der Waals surface area (Å²) in [6.45, 7) is 10.1. The normalized spacial score (nSPS) is 60.3. The molecule has 0 aromatic carbocycles. The van der Waals surface area contributed by atoms with Gasteiger partial charge in [0, 0.05) is 60.7 Å². The van der Waals surface area contributed by atoms with Gasteiger partial charge in [0.25, 0.3) is 0 Å². The molecule has 0 radical (unpaired) electrons. The molecule has 6 N–H and O–H groups in total. The monoisotopic (exact) mass is 591 g/mol. The van der Waals surface area contributed by atoms with Gasteiger partial charge in [-0.3, -0.25) is 4.90 Å². The fraction of sp³-hybridized carbons (Fsp3) is 0.906. The molecule has 3 aliphatic heterocycles. The molecule has 7 fully saturated rings. The van der Waals surface area contributed by atoms with E-state index in [1.807, 2.05) is 6.92 Å². The summed E-state index contributed by atoms with van der Waals surface area (Å²) in [5, 5.41) is 73.9. The zero-order valence-corrected chi connectivity index (χ0v) is 25.5. The van der Waals surface area contributed by atoms with Gasteiger partial charge >= 0.3 is 5.97 Å². The van der Waals surface area contributed by atoms with E-state index in [1.54, 1.807) is 26.8 Å². The molecule has 7 aliphatic rings. The fourth-order valence-corrected chi connectivity index (χ4v) is 11.8. The van der Waals surface area contributed by atoms with Crippen LogP contribution in [0.3, 0.4) is 0 Å². The molecule has 0 aromatic rings. The van der Waals surface area contributed by atoms with Crippen molar-refractivity contribution < 1.29 is 44.9 Å². The third-order valence-corrected chi connectivity index (χ3v) is 14.1. The van der Waals surface area contributed by atoms with E-state index < -0.39 is 75.1 Å². The summed E-state index contributed by atoms with van der Waals surface area (Å²) in [7, 11) is 0. The van der Waals surface area contributed by atoms with Gasteiger partial charge in [-0.1, -0.05) is 19.9 Å². The van der Waals surface area contributed by atoms with Gasteiger partial charge < -0.3 is 40.1 Å². The smallest absolute Gasteiger partial charge is 0.333 e. The molecule has 4 aliphatic carbocycles. The fourth-order valence-electron chi connectivity index (χ4n) is 11.8. The summed E-state index contributed by atoms with van der Waals surface area (Å²) in [6, 6.07) is -0.387. The molecule has 3 heterocycles. The number of allylic oxidation sites excluding steroid dienone is 1. The van der Waals surface area contributed by atoms with Crippen molar-refractivity contribution in [2.45, 2.75) is 138 Å². The third kappa shape index (κ3) is 3.07. The van der Waals surface area contributed by atoms with E-state index in [0.717, 1.165) is 6.42 Å². The number of nitrogens with zero attached hydrogens (tertiary/aromatic N) is 1. The van der Waals surface area contributed by atoms with Crippen LogP contribution in [-0.4, -0.2) is 107 Å². The van der Waals surface area contributed by atoms with Gasteiger partial charge in [0.1, 0.15) is 22.4 Å². The summed E-state index contributed by atoms with van der Waals surface area (Å²) >= 11 is 0. The molecule has 42 heavy (non-hydrogen) atoms. The molecule has 10 nitrogen and oxygen atoms in total. The number of aliphatic hydroxyl groups excluding tert-OH is 1. The lowest BCUT2D eigenvalue weighted by atomic mass is 9.49. The van der Waals surface area contributed by atoms with Crippen LogP contribution in [0.5, 0.6) is 0 Å². The standard InChI is InChI=1S/C32H49NO9/c1-6-18(3)25(35)41-24-11-12-26(4)19-8-9-20-28(37)13-23(34)31(39)21(29(28,38)16-30(20,26)42-32(19,24)40)15-33-14-17(2)7-10-22(33)27(31,5)36/h6,17,19-24,34,36-40H,7-16H2,1-5H3/b18-6-/t17-,19-,20-,21-,22-,23-,24-,26-,27+,28+,29+,30+,31-,32+/m0/s1. The Labute approximate surface area is 247 Å². The van der Waals surface area contributed by atoms with Gasteiger partial charge in [-0.05, 0) is 65.2 Å². The van der Waals surface area contributed by atoms with E-state index in [0.29, 0.717) is 50.1 Å². The first-order valence-electron chi connectivity index (χ1n) is 16.0. The number of rotatable bonds is 2. The van der Waals surface area contributed by atoms with Crippen molar-refractivity contribution in [2.24, 2.45) is 29.1 Å². The second-order valence-electron chi connectivity index (χ2n) is 15.7. The van der Waals surface area contributed by atoms with Crippen molar-refractivity contribution in [2.75, 3.05) is 13.1 Å². The molecule has 0 aromatic heterocycles. The first-order chi connectivity index (χ1) is 19.5. The summed E-state index contributed by atoms with van der Waals surface area (Å²) in [4.78, 5) is 14.9. The Balaban J connectivity index is 1.32. The van der Waals surface area contributed by atoms with Crippen LogP contribution in [0.2, 0.25) is 0 Å². The lowest BCUT2D eigenvalue weighted by Gasteiger charge is -2.68. The minimum atomic E-state index is -2.06. The van der Waals surface area contributed by atoms with E-state index in [1.165, 1.54) is 0 Å². The van der Waals surface area contributed by atoms with Gasteiger partial charge in [0.15, 0.2) is 6.10 Å². The largest absolute Gasteiger partial charge is 0.453 e. The SMILES string of the molecule is C/C=C(/C)C(=O)O[C@H]1CC[C@@]2(C)[C@@H]3CC[C@H]4[C@]5(O)C[C@H](O)[C@@]6(O)[C@@H](CN7C[C@@H](C)CC[C@H]7[C@@]6(C)O)[C@]5(O)C[C@@]42O[C@@]13O. The van der Waals surface area contributed by atoms with Gasteiger partial charge in [-0.15, -0.1) is 0 Å². The number of esters is 1. The minimum Gasteiger partial charge on any atom is -0.453 e. The van der Waals surface area contributed by atoms with Crippen LogP contribution in [-0.2, 0) is 14.3 Å². The highest BCUT2D eigenvalue weighted by Crippen LogP contribution is 2.78. The Morgan fingerprint density at radius 1 is 0.952 bits per heavy atom. The lowest BCUT2D eigenvalue weighted by molar-refractivity contribution is -0.354. The van der Waals surface area contributed by atoms with E-state index in [4.69, 9.17) is 9.47 Å². The summed E-state index contributed by atoms with van der Waals surface area (Å²) in [5.41, 5.74) is -8.96. The predicted molar refractivity (Wildman–Crippen MR) is 150 cm³/mol. The first-order valence-corrected chi connectivity index (χ1v) is 16.0. The van der Waals surface area contributed by atoms with E-state index in [9.17, 15) is 35.4 Å². The van der Waals surface area contributed by atoms with Gasteiger partial charge in [0.2, 0.25) is 5.79 Å². The number of fused-ring (bicyclic) bond motifs is 5. The number of hydrogen-bond donors (Lipinski definition) is 6. The Morgan fingerprint density at radius 2 is 1.64 bits per heavy atom. The number of ether oxygens (including phenoxy) is 2. The van der Waals surface area contributed by atoms with Crippen molar-refractivity contribution >= 4 is 5.97 Å². The number of piperidine rings is 2. The molecular weight excluding hydrogens is 542 g/mol. The van der Waals surface area contributed by atoms with Gasteiger partial charge in [-0.2, -0.15) is 0 Å². The van der Waals surface area contributed by atoms with E-state index in [2.05, 4.69) is 11.8 Å². The highest BCUT2D eigenvalue weighted by molar-refractivity contribution is 5.87. The van der Waals surface area contributed by atoms with Crippen LogP contribution in [0.1, 0.15) is 86.0 Å². The quantitative estimate of drug-likeness (QED) is 0.202. The molecule has 4 saturated carbocycles. The highest BCUT2D eigenvalue weighted by Gasteiger charge is 2.88. The maximum atomic E-state index is 12.9. The first kappa shape index (κ1) is 29.6. The van der Waals surface area contributed by atoms with Gasteiger partial charge in [0.05, 0.1) is 11.7 Å². The minimum absolute atomic E-state index is 0.0606. The Kier molecular flexibility index (Phi) is 6.04. The molecule has 0 unspecified atom stereocenters. The van der Waals surface area contributed by atoms with Crippen LogP contribution < -0.4 is 0 Å². The molecule has 4 bridgehead atoms. The van der Waals surface area contributed by atoms with Crippen LogP contribution in [0.15, 0.2) is 11.6 Å². The molecular formula is C32H49NO9. The predicted octanol–water partition coefficient (Wildman–Crippen LogP) is 0.991. The topological polar surface area (TPSA) is 160 Å². The second kappa shape index (κ2) is 8.57. The molecule has 7 rings (SSSR count). The number of hydrogen-bond acceptors (Lipinski definition) is 10. The number of aliphatic hydroxyl groups is 6. The van der Waals surface area contributed by atoms with Crippen LogP contribution >= 0.6 is 0 Å². The molecule has 236 valence electrons. The summed E-state index contributed by atoms with van der Waals surface area (Å²) in [6.07, 6.45) is 2.30. The van der Waals surface area contributed by atoms with Crippen LogP contribution in [0.4, 0.5) is 0 Å². The molecule has 0 amide bonds. The van der Waals surface area contributed by atoms with E-state index >= 15 is 0 Å². The van der Waals surface area contributed by atoms with Crippen LogP contribution in [0, 0.1) is 29.1 Å². The van der Waals surface area contributed by atoms with Gasteiger partial charge in [-0.25, -0.2) is 4.79 Å². The van der Waals surface area contributed by atoms with Crippen LogP contribution in [0.25, 0.3) is 0 Å². The third-order valence-electron chi connectivity index (χ3n) is 14.1. The molecule has 10 heteroatoms. The Bertz CT molecular complexity index is 1220. The van der Waals surface area contributed by atoms with Crippen molar-refractivity contribution in [3.05, 3.63) is 11.6 Å². The maximum absolute atomic E-state index is 12.9. The van der Waals surface area contributed by atoms with Crippen molar-refractivity contribution in [1.82, 2.24) is 4.90 Å². The highest BCUT2D eigenvalue weighted by atomic mass is 16.7. The van der Waals surface area contributed by atoms with E-state index in [-0.39, 0.29) is 25.4 Å². The zero-order valence-electron chi connectivity index (χ0n) is 25.5. The summed E-state index contributed by atoms with van der Waals surface area (Å²) in [5.74, 6) is -4.05. The number of carbonyl (C=O) groups is 1. The average molecular weight is 592 g/mol. The lowest BCUT2D eigenvalue weighted by Crippen LogP contribution is -2.85. The van der Waals surface area contributed by atoms with Crippen molar-refractivity contribution in [1.29, 1.82) is 0 Å². The Hall–Kier alpha value is -1.11. The molecule has 1 spiro atoms. The molecule has 3 saturated heterocycles. The maximum Gasteiger partial charge on any atom is 0.333 e. The second-order valence-corrected chi connectivity index (χ2v) is 15.7. The zero-order chi connectivity index (χ0) is 30.5. The average Bonchev–Trinajstić information content (AvgIpc) is 3.09. The Morgan fingerprint density at radius 3 is 2.33 bits per heavy atom. The number of carbonyl (C=O) groups excluding carboxylic acids is 1. The van der Waals surface area contributed by atoms with Crippen molar-refractivity contribution in [3.63, 3.8) is 0 Å².